The van der Waals surface area contributed by atoms with Gasteiger partial charge in [0.1, 0.15) is 6.04 Å². The molecule has 1 aromatic rings. The van der Waals surface area contributed by atoms with E-state index in [2.05, 4.69) is 12.0 Å². The number of hydrogen-bond donors (Lipinski definition) is 1. The fraction of sp³-hybridized carbons (Fsp3) is 0.286. The molecule has 1 aromatic carbocycles. The molecule has 100 valence electrons. The van der Waals surface area contributed by atoms with Gasteiger partial charge in [-0.1, -0.05) is 36.4 Å². The zero-order valence-electron chi connectivity index (χ0n) is 10.9. The fourth-order valence-electron chi connectivity index (χ4n) is 1.97. The molecule has 1 saturated heterocycles. The first-order valence-corrected chi connectivity index (χ1v) is 6.17. The number of amides is 3. The van der Waals surface area contributed by atoms with Crippen LogP contribution < -0.4 is 5.43 Å². The second-order valence-corrected chi connectivity index (χ2v) is 4.45. The van der Waals surface area contributed by atoms with Gasteiger partial charge >= 0.3 is 6.03 Å². The van der Waals surface area contributed by atoms with Crippen molar-refractivity contribution in [3.8, 4) is 0 Å². The van der Waals surface area contributed by atoms with Crippen LogP contribution >= 0.6 is 0 Å². The smallest absolute Gasteiger partial charge is 0.307 e. The van der Waals surface area contributed by atoms with E-state index in [1.165, 1.54) is 5.01 Å². The highest BCUT2D eigenvalue weighted by Gasteiger charge is 2.35. The summed E-state index contributed by atoms with van der Waals surface area (Å²) in [5, 5.41) is 1.28. The molecule has 0 radical (unpaired) electrons. The summed E-state index contributed by atoms with van der Waals surface area (Å²) >= 11 is 0. The van der Waals surface area contributed by atoms with Gasteiger partial charge in [0.15, 0.2) is 0 Å². The second-order valence-electron chi connectivity index (χ2n) is 4.45. The number of rotatable bonds is 4. The Morgan fingerprint density at radius 2 is 2.00 bits per heavy atom. The molecule has 0 bridgehead atoms. The minimum atomic E-state index is -0.478. The highest BCUT2D eigenvalue weighted by Crippen LogP contribution is 2.14. The first-order valence-electron chi connectivity index (χ1n) is 6.17. The van der Waals surface area contributed by atoms with E-state index in [0.717, 1.165) is 5.56 Å². The number of carbonyl (C=O) groups is 2. The third-order valence-electron chi connectivity index (χ3n) is 3.08. The number of nitrogens with one attached hydrogen (secondary N) is 1. The Hall–Kier alpha value is -2.30. The maximum atomic E-state index is 12.3. The van der Waals surface area contributed by atoms with Crippen molar-refractivity contribution >= 4 is 11.9 Å². The normalized spacial score (nSPS) is 19.3. The molecule has 1 fully saturated rings. The van der Waals surface area contributed by atoms with Crippen LogP contribution in [0.3, 0.4) is 0 Å². The van der Waals surface area contributed by atoms with Gasteiger partial charge in [-0.25, -0.2) is 9.80 Å². The molecular formula is C14H17N3O2. The molecule has 1 aliphatic rings. The summed E-state index contributed by atoms with van der Waals surface area (Å²) < 4.78 is 0. The van der Waals surface area contributed by atoms with Crippen LogP contribution in [0.5, 0.6) is 0 Å². The van der Waals surface area contributed by atoms with E-state index >= 15 is 0 Å². The van der Waals surface area contributed by atoms with Crippen molar-refractivity contribution in [1.29, 1.82) is 0 Å². The van der Waals surface area contributed by atoms with Crippen LogP contribution in [0.15, 0.2) is 43.0 Å². The number of carbonyl (C=O) groups excluding carboxylic acids is 2. The first-order chi connectivity index (χ1) is 9.13. The van der Waals surface area contributed by atoms with Crippen molar-refractivity contribution in [2.24, 2.45) is 0 Å². The largest absolute Gasteiger partial charge is 0.339 e. The lowest BCUT2D eigenvalue weighted by molar-refractivity contribution is -0.132. The van der Waals surface area contributed by atoms with E-state index in [9.17, 15) is 9.59 Å². The van der Waals surface area contributed by atoms with Crippen molar-refractivity contribution in [3.05, 3.63) is 48.6 Å². The molecule has 0 aromatic heterocycles. The Morgan fingerprint density at radius 1 is 1.32 bits per heavy atom. The maximum absolute atomic E-state index is 12.3. The highest BCUT2D eigenvalue weighted by molar-refractivity contribution is 5.91. The number of hydrazine groups is 1. The number of urea groups is 1. The summed E-state index contributed by atoms with van der Waals surface area (Å²) in [7, 11) is 0. The number of hydrogen-bond acceptors (Lipinski definition) is 2. The molecular weight excluding hydrogens is 242 g/mol. The predicted octanol–water partition coefficient (Wildman–Crippen LogP) is 1.53. The summed E-state index contributed by atoms with van der Waals surface area (Å²) in [6, 6.07) is 8.92. The van der Waals surface area contributed by atoms with Gasteiger partial charge in [-0.05, 0) is 12.5 Å². The van der Waals surface area contributed by atoms with Crippen LogP contribution in [-0.2, 0) is 11.3 Å². The molecule has 0 aliphatic carbocycles. The third-order valence-corrected chi connectivity index (χ3v) is 3.08. The van der Waals surface area contributed by atoms with Gasteiger partial charge in [0.2, 0.25) is 0 Å². The van der Waals surface area contributed by atoms with E-state index in [0.29, 0.717) is 13.1 Å². The van der Waals surface area contributed by atoms with Gasteiger partial charge in [0, 0.05) is 6.54 Å². The van der Waals surface area contributed by atoms with Gasteiger partial charge in [-0.3, -0.25) is 10.2 Å². The van der Waals surface area contributed by atoms with Crippen LogP contribution in [0.2, 0.25) is 0 Å². The molecule has 0 saturated carbocycles. The molecule has 0 unspecified atom stereocenters. The topological polar surface area (TPSA) is 52.7 Å². The van der Waals surface area contributed by atoms with Crippen LogP contribution in [0.25, 0.3) is 0 Å². The lowest BCUT2D eigenvalue weighted by Crippen LogP contribution is -2.64. The minimum absolute atomic E-state index is 0.183. The monoisotopic (exact) mass is 259 g/mol. The van der Waals surface area contributed by atoms with Gasteiger partial charge in [0.05, 0.1) is 6.54 Å². The van der Waals surface area contributed by atoms with Crippen LogP contribution in [0, 0.1) is 0 Å². The Morgan fingerprint density at radius 3 is 2.63 bits per heavy atom. The van der Waals surface area contributed by atoms with Crippen molar-refractivity contribution < 1.29 is 9.59 Å². The average Bonchev–Trinajstić information content (AvgIpc) is 2.42. The Kier molecular flexibility index (Phi) is 3.85. The van der Waals surface area contributed by atoms with Gasteiger partial charge in [-0.15, -0.1) is 6.58 Å². The molecule has 5 nitrogen and oxygen atoms in total. The second kappa shape index (κ2) is 5.56. The Labute approximate surface area is 112 Å². The first kappa shape index (κ1) is 13.1. The zero-order valence-corrected chi connectivity index (χ0v) is 10.9. The van der Waals surface area contributed by atoms with Crippen molar-refractivity contribution in [2.45, 2.75) is 19.5 Å². The Bertz CT molecular complexity index is 487. The average molecular weight is 259 g/mol. The third kappa shape index (κ3) is 2.76. The van der Waals surface area contributed by atoms with Crippen molar-refractivity contribution in [3.63, 3.8) is 0 Å². The molecule has 1 heterocycles. The Balaban J connectivity index is 2.18. The fourth-order valence-corrected chi connectivity index (χ4v) is 1.97. The molecule has 19 heavy (non-hydrogen) atoms. The molecule has 0 spiro atoms. The molecule has 1 N–H and O–H groups in total. The van der Waals surface area contributed by atoms with Gasteiger partial charge in [-0.2, -0.15) is 0 Å². The molecule has 2 rings (SSSR count). The molecule has 5 heteroatoms. The van der Waals surface area contributed by atoms with E-state index in [4.69, 9.17) is 0 Å². The molecule has 1 atom stereocenters. The standard InChI is InChI=1S/C14H17N3O2/c1-3-9-17-14(19)16(11(2)13(18)15-17)10-12-7-5-4-6-8-12/h3-8,11H,1,9-10H2,2H3,(H,15,18)/t11-/m0/s1. The van der Waals surface area contributed by atoms with E-state index < -0.39 is 6.04 Å². The van der Waals surface area contributed by atoms with Crippen molar-refractivity contribution in [1.82, 2.24) is 15.3 Å². The van der Waals surface area contributed by atoms with Crippen LogP contribution in [0.4, 0.5) is 4.79 Å². The quantitative estimate of drug-likeness (QED) is 0.834. The van der Waals surface area contributed by atoms with E-state index in [1.54, 1.807) is 17.9 Å². The minimum Gasteiger partial charge on any atom is -0.307 e. The maximum Gasteiger partial charge on any atom is 0.339 e. The number of nitrogens with zero attached hydrogens (tertiary/aromatic N) is 2. The lowest BCUT2D eigenvalue weighted by Gasteiger charge is -2.39. The number of benzene rings is 1. The summed E-state index contributed by atoms with van der Waals surface area (Å²) in [6.45, 7) is 6.02. The van der Waals surface area contributed by atoms with E-state index in [-0.39, 0.29) is 11.9 Å². The highest BCUT2D eigenvalue weighted by atomic mass is 16.2. The summed E-state index contributed by atoms with van der Waals surface area (Å²) in [6.07, 6.45) is 1.58. The van der Waals surface area contributed by atoms with Crippen LogP contribution in [0.1, 0.15) is 12.5 Å². The predicted molar refractivity (Wildman–Crippen MR) is 71.9 cm³/mol. The SMILES string of the molecule is C=CCN1NC(=O)[C@H](C)N(Cc2ccccc2)C1=O. The van der Waals surface area contributed by atoms with Gasteiger partial charge in [0.25, 0.3) is 5.91 Å². The lowest BCUT2D eigenvalue weighted by atomic mass is 10.1. The van der Waals surface area contributed by atoms with Crippen molar-refractivity contribution in [2.75, 3.05) is 6.54 Å². The molecule has 1 aliphatic heterocycles. The summed E-state index contributed by atoms with van der Waals surface area (Å²) in [5.41, 5.74) is 3.56. The molecule has 3 amide bonds. The van der Waals surface area contributed by atoms with Crippen LogP contribution in [-0.4, -0.2) is 34.4 Å². The zero-order chi connectivity index (χ0) is 13.8. The summed E-state index contributed by atoms with van der Waals surface area (Å²) in [5.74, 6) is -0.183. The van der Waals surface area contributed by atoms with Gasteiger partial charge < -0.3 is 4.90 Å². The summed E-state index contributed by atoms with van der Waals surface area (Å²) in [4.78, 5) is 25.7. The van der Waals surface area contributed by atoms with E-state index in [1.807, 2.05) is 30.3 Å².